The third-order valence-corrected chi connectivity index (χ3v) is 2.84. The van der Waals surface area contributed by atoms with Crippen molar-refractivity contribution in [2.75, 3.05) is 0 Å². The summed E-state index contributed by atoms with van der Waals surface area (Å²) in [6.07, 6.45) is 8.36. The lowest BCUT2D eigenvalue weighted by Gasteiger charge is -2.04. The summed E-state index contributed by atoms with van der Waals surface area (Å²) in [7, 11) is 1.90. The number of nitrogens with zero attached hydrogens (tertiary/aromatic N) is 5. The minimum atomic E-state index is 0.855. The van der Waals surface area contributed by atoms with Gasteiger partial charge in [0, 0.05) is 50.5 Å². The van der Waals surface area contributed by atoms with E-state index >= 15 is 0 Å². The van der Waals surface area contributed by atoms with E-state index in [-0.39, 0.29) is 0 Å². The highest BCUT2D eigenvalue weighted by molar-refractivity contribution is 5.48. The van der Waals surface area contributed by atoms with Crippen molar-refractivity contribution in [2.45, 2.75) is 13.0 Å². The highest BCUT2D eigenvalue weighted by Gasteiger charge is 2.08. The smallest absolute Gasteiger partial charge is 0.160 e. The minimum absolute atomic E-state index is 0.855. The van der Waals surface area contributed by atoms with Gasteiger partial charge in [-0.25, -0.2) is 4.98 Å². The van der Waals surface area contributed by atoms with Gasteiger partial charge in [0.15, 0.2) is 5.82 Å². The van der Waals surface area contributed by atoms with Crippen LogP contribution >= 0.6 is 0 Å². The van der Waals surface area contributed by atoms with Gasteiger partial charge in [-0.3, -0.25) is 9.78 Å². The van der Waals surface area contributed by atoms with Crippen LogP contribution in [0.3, 0.4) is 0 Å². The lowest BCUT2D eigenvalue weighted by atomic mass is 10.3. The molecule has 0 aliphatic rings. The Bertz CT molecular complexity index is 619. The molecule has 6 nitrogen and oxygen atoms in total. The van der Waals surface area contributed by atoms with Gasteiger partial charge in [-0.2, -0.15) is 10.2 Å². The molecule has 0 radical (unpaired) electrons. The van der Waals surface area contributed by atoms with E-state index in [1.54, 1.807) is 17.1 Å². The molecule has 0 fully saturated rings. The van der Waals surface area contributed by atoms with Gasteiger partial charge in [-0.15, -0.1) is 0 Å². The molecular weight excluding hydrogens is 228 g/mol. The van der Waals surface area contributed by atoms with Crippen molar-refractivity contribution in [3.8, 4) is 11.5 Å². The van der Waals surface area contributed by atoms with Crippen LogP contribution in [-0.4, -0.2) is 29.5 Å². The summed E-state index contributed by atoms with van der Waals surface area (Å²) in [6, 6.07) is 3.95. The van der Waals surface area contributed by atoms with E-state index in [9.17, 15) is 0 Å². The molecule has 3 rings (SSSR count). The average Bonchev–Trinajstić information content (AvgIpc) is 3.07. The Morgan fingerprint density at radius 1 is 1.22 bits per heavy atom. The summed E-state index contributed by atoms with van der Waals surface area (Å²) in [5.74, 6) is 0.898. The molecule has 1 N–H and O–H groups in total. The Balaban J connectivity index is 1.79. The van der Waals surface area contributed by atoms with Crippen LogP contribution in [-0.2, 0) is 20.0 Å². The largest absolute Gasteiger partial charge is 0.329 e. The molecule has 0 atom stereocenters. The van der Waals surface area contributed by atoms with Crippen LogP contribution in [0.4, 0.5) is 0 Å². The summed E-state index contributed by atoms with van der Waals surface area (Å²) in [4.78, 5) is 4.36. The number of hydrogen-bond acceptors (Lipinski definition) is 3. The number of aromatic nitrogens is 6. The number of H-pyrrole nitrogens is 1. The molecule has 0 unspecified atom stereocenters. The molecule has 18 heavy (non-hydrogen) atoms. The molecule has 0 spiro atoms. The van der Waals surface area contributed by atoms with Gasteiger partial charge in [-0.05, 0) is 12.1 Å². The van der Waals surface area contributed by atoms with Gasteiger partial charge in [0.25, 0.3) is 0 Å². The second kappa shape index (κ2) is 4.48. The fraction of sp³-hybridized carbons (Fsp3) is 0.250. The van der Waals surface area contributed by atoms with Crippen molar-refractivity contribution in [2.24, 2.45) is 7.05 Å². The van der Waals surface area contributed by atoms with E-state index in [0.717, 1.165) is 30.2 Å². The average molecular weight is 242 g/mol. The van der Waals surface area contributed by atoms with Crippen molar-refractivity contribution in [1.29, 1.82) is 0 Å². The quantitative estimate of drug-likeness (QED) is 0.748. The van der Waals surface area contributed by atoms with Crippen molar-refractivity contribution >= 4 is 0 Å². The van der Waals surface area contributed by atoms with Gasteiger partial charge in [0.2, 0.25) is 0 Å². The Labute approximate surface area is 104 Å². The van der Waals surface area contributed by atoms with E-state index in [1.807, 2.05) is 31.6 Å². The zero-order valence-corrected chi connectivity index (χ0v) is 10.1. The van der Waals surface area contributed by atoms with Crippen LogP contribution < -0.4 is 0 Å². The summed E-state index contributed by atoms with van der Waals surface area (Å²) in [5, 5.41) is 11.3. The van der Waals surface area contributed by atoms with Gasteiger partial charge in [0.1, 0.15) is 5.69 Å². The van der Waals surface area contributed by atoms with Crippen molar-refractivity contribution < 1.29 is 0 Å². The standard InChI is InChI=1S/C12H14N6/c1-17-7-4-11(16-17)12-13-6-9-18(12)8-3-10-2-5-14-15-10/h2,4-7,9H,3,8H2,1H3,(H,14,15). The maximum atomic E-state index is 4.37. The number of imidazole rings is 1. The zero-order chi connectivity index (χ0) is 12.4. The minimum Gasteiger partial charge on any atom is -0.329 e. The highest BCUT2D eigenvalue weighted by atomic mass is 15.3. The van der Waals surface area contributed by atoms with E-state index in [0.29, 0.717) is 0 Å². The monoisotopic (exact) mass is 242 g/mol. The first kappa shape index (κ1) is 10.8. The molecular formula is C12H14N6. The maximum Gasteiger partial charge on any atom is 0.160 e. The van der Waals surface area contributed by atoms with Gasteiger partial charge in [-0.1, -0.05) is 0 Å². The summed E-state index contributed by atoms with van der Waals surface area (Å²) >= 11 is 0. The molecule has 92 valence electrons. The molecule has 3 heterocycles. The summed E-state index contributed by atoms with van der Waals surface area (Å²) in [6.45, 7) is 0.855. The Kier molecular flexibility index (Phi) is 2.68. The third-order valence-electron chi connectivity index (χ3n) is 2.84. The third kappa shape index (κ3) is 2.04. The molecule has 0 aliphatic carbocycles. The molecule has 0 saturated heterocycles. The van der Waals surface area contributed by atoms with Crippen molar-refractivity contribution in [1.82, 2.24) is 29.5 Å². The SMILES string of the molecule is Cn1ccc(-c2nccn2CCc2ccn[nH]2)n1. The first-order chi connectivity index (χ1) is 8.83. The van der Waals surface area contributed by atoms with Crippen LogP contribution in [0.1, 0.15) is 5.69 Å². The zero-order valence-electron chi connectivity index (χ0n) is 10.1. The molecule has 0 aliphatic heterocycles. The number of aromatic amines is 1. The van der Waals surface area contributed by atoms with E-state index < -0.39 is 0 Å². The van der Waals surface area contributed by atoms with E-state index in [2.05, 4.69) is 24.8 Å². The van der Waals surface area contributed by atoms with E-state index in [4.69, 9.17) is 0 Å². The molecule has 3 aromatic heterocycles. The summed E-state index contributed by atoms with van der Waals surface area (Å²) < 4.78 is 3.88. The van der Waals surface area contributed by atoms with Crippen molar-refractivity contribution in [3.05, 3.63) is 42.6 Å². The number of nitrogens with one attached hydrogen (secondary N) is 1. The number of rotatable bonds is 4. The predicted octanol–water partition coefficient (Wildman–Crippen LogP) is 1.25. The first-order valence-electron chi connectivity index (χ1n) is 5.82. The van der Waals surface area contributed by atoms with Gasteiger partial charge < -0.3 is 4.57 Å². The molecule has 0 aromatic carbocycles. The van der Waals surface area contributed by atoms with Crippen LogP contribution in [0.5, 0.6) is 0 Å². The van der Waals surface area contributed by atoms with Gasteiger partial charge >= 0.3 is 0 Å². The Morgan fingerprint density at radius 3 is 2.89 bits per heavy atom. The van der Waals surface area contributed by atoms with Crippen LogP contribution in [0, 0.1) is 0 Å². The normalized spacial score (nSPS) is 10.9. The van der Waals surface area contributed by atoms with Crippen LogP contribution in [0.15, 0.2) is 36.9 Å². The molecule has 6 heteroatoms. The fourth-order valence-electron chi connectivity index (χ4n) is 1.92. The number of hydrogen-bond donors (Lipinski definition) is 1. The molecule has 3 aromatic rings. The van der Waals surface area contributed by atoms with Crippen LogP contribution in [0.2, 0.25) is 0 Å². The van der Waals surface area contributed by atoms with Crippen molar-refractivity contribution in [3.63, 3.8) is 0 Å². The molecule has 0 bridgehead atoms. The predicted molar refractivity (Wildman–Crippen MR) is 66.7 cm³/mol. The molecule has 0 saturated carbocycles. The fourth-order valence-corrected chi connectivity index (χ4v) is 1.92. The Morgan fingerprint density at radius 2 is 2.17 bits per heavy atom. The van der Waals surface area contributed by atoms with E-state index in [1.165, 1.54) is 0 Å². The topological polar surface area (TPSA) is 64.3 Å². The second-order valence-corrected chi connectivity index (χ2v) is 4.15. The molecule has 0 amide bonds. The second-order valence-electron chi connectivity index (χ2n) is 4.15. The van der Waals surface area contributed by atoms with Gasteiger partial charge in [0.05, 0.1) is 0 Å². The highest BCUT2D eigenvalue weighted by Crippen LogP contribution is 2.14. The maximum absolute atomic E-state index is 4.37. The van der Waals surface area contributed by atoms with Crippen LogP contribution in [0.25, 0.3) is 11.5 Å². The first-order valence-corrected chi connectivity index (χ1v) is 5.82. The Hall–Kier alpha value is -2.37. The lowest BCUT2D eigenvalue weighted by Crippen LogP contribution is -2.03. The lowest BCUT2D eigenvalue weighted by molar-refractivity contribution is 0.684. The summed E-state index contributed by atoms with van der Waals surface area (Å²) in [5.41, 5.74) is 2.02. The number of aryl methyl sites for hydroxylation is 3.